The zero-order chi connectivity index (χ0) is 14.7. The van der Waals surface area contributed by atoms with Crippen LogP contribution in [0.4, 0.5) is 10.1 Å². The number of carbonyl (C=O) groups is 1. The van der Waals surface area contributed by atoms with E-state index in [-0.39, 0.29) is 29.2 Å². The number of rotatable bonds is 3. The maximum Gasteiger partial charge on any atom is 0.251 e. The summed E-state index contributed by atoms with van der Waals surface area (Å²) < 4.78 is 13.6. The molecule has 0 radical (unpaired) electrons. The first kappa shape index (κ1) is 14.8. The van der Waals surface area contributed by atoms with E-state index >= 15 is 0 Å². The molecule has 110 valence electrons. The Morgan fingerprint density at radius 1 is 1.45 bits per heavy atom. The third-order valence-electron chi connectivity index (χ3n) is 4.04. The van der Waals surface area contributed by atoms with Gasteiger partial charge < -0.3 is 16.2 Å². The van der Waals surface area contributed by atoms with E-state index in [4.69, 9.17) is 5.73 Å². The SMILES string of the molecule is Cc1c(N)cc(C(=O)NCC2CCCCC2O)cc1F. The van der Waals surface area contributed by atoms with Crippen molar-refractivity contribution in [3.05, 3.63) is 29.1 Å². The zero-order valence-corrected chi connectivity index (χ0v) is 11.7. The van der Waals surface area contributed by atoms with Gasteiger partial charge in [-0.05, 0) is 31.9 Å². The van der Waals surface area contributed by atoms with Gasteiger partial charge in [0.1, 0.15) is 5.82 Å². The summed E-state index contributed by atoms with van der Waals surface area (Å²) in [6, 6.07) is 2.67. The Bertz CT molecular complexity index is 482. The van der Waals surface area contributed by atoms with Crippen molar-refractivity contribution in [3.8, 4) is 0 Å². The molecule has 1 fully saturated rings. The van der Waals surface area contributed by atoms with E-state index in [1.165, 1.54) is 12.1 Å². The Morgan fingerprint density at radius 2 is 2.15 bits per heavy atom. The van der Waals surface area contributed by atoms with E-state index < -0.39 is 5.82 Å². The molecule has 1 amide bonds. The number of hydrogen-bond acceptors (Lipinski definition) is 3. The fourth-order valence-corrected chi connectivity index (χ4v) is 2.58. The van der Waals surface area contributed by atoms with E-state index in [0.29, 0.717) is 12.1 Å². The van der Waals surface area contributed by atoms with Crippen LogP contribution in [0.3, 0.4) is 0 Å². The minimum atomic E-state index is -0.479. The predicted molar refractivity (Wildman–Crippen MR) is 75.8 cm³/mol. The lowest BCUT2D eigenvalue weighted by Crippen LogP contribution is -2.36. The smallest absolute Gasteiger partial charge is 0.251 e. The van der Waals surface area contributed by atoms with Crippen LogP contribution in [-0.4, -0.2) is 23.7 Å². The van der Waals surface area contributed by atoms with Crippen LogP contribution in [0.5, 0.6) is 0 Å². The minimum Gasteiger partial charge on any atom is -0.398 e. The van der Waals surface area contributed by atoms with Crippen molar-refractivity contribution in [3.63, 3.8) is 0 Å². The van der Waals surface area contributed by atoms with Gasteiger partial charge in [-0.2, -0.15) is 0 Å². The van der Waals surface area contributed by atoms with Crippen LogP contribution in [0.2, 0.25) is 0 Å². The molecule has 1 aliphatic carbocycles. The van der Waals surface area contributed by atoms with Crippen molar-refractivity contribution in [1.29, 1.82) is 0 Å². The number of aliphatic hydroxyl groups excluding tert-OH is 1. The highest BCUT2D eigenvalue weighted by atomic mass is 19.1. The molecule has 0 spiro atoms. The molecule has 4 N–H and O–H groups in total. The molecule has 1 aliphatic rings. The monoisotopic (exact) mass is 280 g/mol. The van der Waals surface area contributed by atoms with Crippen LogP contribution in [0, 0.1) is 18.7 Å². The van der Waals surface area contributed by atoms with Gasteiger partial charge >= 0.3 is 0 Å². The summed E-state index contributed by atoms with van der Waals surface area (Å²) in [4.78, 5) is 12.0. The summed E-state index contributed by atoms with van der Waals surface area (Å²) in [5.41, 5.74) is 6.50. The van der Waals surface area contributed by atoms with E-state index in [1.54, 1.807) is 6.92 Å². The third-order valence-corrected chi connectivity index (χ3v) is 4.04. The topological polar surface area (TPSA) is 75.4 Å². The summed E-state index contributed by atoms with van der Waals surface area (Å²) in [5, 5.41) is 12.6. The number of nitrogens with two attached hydrogens (primary N) is 1. The molecule has 1 saturated carbocycles. The number of carbonyl (C=O) groups excluding carboxylic acids is 1. The van der Waals surface area contributed by atoms with Crippen LogP contribution in [0.25, 0.3) is 0 Å². The molecule has 0 heterocycles. The van der Waals surface area contributed by atoms with Gasteiger partial charge in [0, 0.05) is 29.3 Å². The molecule has 0 aliphatic heterocycles. The van der Waals surface area contributed by atoms with Crippen LogP contribution in [-0.2, 0) is 0 Å². The molecule has 0 aromatic heterocycles. The van der Waals surface area contributed by atoms with E-state index in [0.717, 1.165) is 25.7 Å². The molecular weight excluding hydrogens is 259 g/mol. The van der Waals surface area contributed by atoms with Gasteiger partial charge in [-0.1, -0.05) is 12.8 Å². The Hall–Kier alpha value is -1.62. The highest BCUT2D eigenvalue weighted by Gasteiger charge is 2.23. The Balaban J connectivity index is 1.98. The average molecular weight is 280 g/mol. The molecule has 1 aromatic rings. The number of nitrogen functional groups attached to an aromatic ring is 1. The summed E-state index contributed by atoms with van der Waals surface area (Å²) in [6.45, 7) is 1.99. The van der Waals surface area contributed by atoms with E-state index in [1.807, 2.05) is 0 Å². The molecule has 2 atom stereocenters. The van der Waals surface area contributed by atoms with Crippen LogP contribution < -0.4 is 11.1 Å². The lowest BCUT2D eigenvalue weighted by Gasteiger charge is -2.27. The quantitative estimate of drug-likeness (QED) is 0.741. The van der Waals surface area contributed by atoms with Crippen LogP contribution >= 0.6 is 0 Å². The standard InChI is InChI=1S/C15H21FN2O2/c1-9-12(16)6-11(7-13(9)17)15(20)18-8-10-4-2-3-5-14(10)19/h6-7,10,14,19H,2-5,8,17H2,1H3,(H,18,20). The molecule has 2 rings (SSSR count). The molecular formula is C15H21FN2O2. The number of anilines is 1. The van der Waals surface area contributed by atoms with Gasteiger partial charge in [0.15, 0.2) is 0 Å². The minimum absolute atomic E-state index is 0.0837. The summed E-state index contributed by atoms with van der Waals surface area (Å²) >= 11 is 0. The maximum atomic E-state index is 13.6. The van der Waals surface area contributed by atoms with Gasteiger partial charge in [0.25, 0.3) is 5.91 Å². The molecule has 5 heteroatoms. The number of halogens is 1. The van der Waals surface area contributed by atoms with Gasteiger partial charge in [0.05, 0.1) is 6.10 Å². The van der Waals surface area contributed by atoms with E-state index in [9.17, 15) is 14.3 Å². The first-order valence-corrected chi connectivity index (χ1v) is 7.01. The van der Waals surface area contributed by atoms with Crippen molar-refractivity contribution in [2.45, 2.75) is 38.7 Å². The van der Waals surface area contributed by atoms with Crippen molar-refractivity contribution in [2.24, 2.45) is 5.92 Å². The summed E-state index contributed by atoms with van der Waals surface area (Å²) in [7, 11) is 0. The number of aliphatic hydroxyl groups is 1. The first-order chi connectivity index (χ1) is 9.49. The molecule has 0 saturated heterocycles. The van der Waals surface area contributed by atoms with Crippen molar-refractivity contribution in [2.75, 3.05) is 12.3 Å². The Morgan fingerprint density at radius 3 is 2.80 bits per heavy atom. The van der Waals surface area contributed by atoms with Gasteiger partial charge in [-0.25, -0.2) is 4.39 Å². The van der Waals surface area contributed by atoms with Crippen LogP contribution in [0.15, 0.2) is 12.1 Å². The summed E-state index contributed by atoms with van der Waals surface area (Å²) in [5.74, 6) is -0.749. The predicted octanol–water partition coefficient (Wildman–Crippen LogP) is 2.00. The highest BCUT2D eigenvalue weighted by Crippen LogP contribution is 2.24. The zero-order valence-electron chi connectivity index (χ0n) is 11.7. The van der Waals surface area contributed by atoms with Gasteiger partial charge in [0.2, 0.25) is 0 Å². The van der Waals surface area contributed by atoms with Crippen molar-refractivity contribution < 1.29 is 14.3 Å². The van der Waals surface area contributed by atoms with Crippen molar-refractivity contribution in [1.82, 2.24) is 5.32 Å². The van der Waals surface area contributed by atoms with E-state index in [2.05, 4.69) is 5.32 Å². The number of benzene rings is 1. The van der Waals surface area contributed by atoms with Crippen molar-refractivity contribution >= 4 is 11.6 Å². The van der Waals surface area contributed by atoms with Crippen LogP contribution in [0.1, 0.15) is 41.6 Å². The van der Waals surface area contributed by atoms with Gasteiger partial charge in [-0.3, -0.25) is 4.79 Å². The highest BCUT2D eigenvalue weighted by molar-refractivity contribution is 5.95. The van der Waals surface area contributed by atoms with Gasteiger partial charge in [-0.15, -0.1) is 0 Å². The normalized spacial score (nSPS) is 22.6. The second-order valence-corrected chi connectivity index (χ2v) is 5.49. The molecule has 0 bridgehead atoms. The largest absolute Gasteiger partial charge is 0.398 e. The number of amides is 1. The second kappa shape index (κ2) is 6.22. The maximum absolute atomic E-state index is 13.6. The second-order valence-electron chi connectivity index (χ2n) is 5.49. The third kappa shape index (κ3) is 3.28. The molecule has 2 unspecified atom stereocenters. The summed E-state index contributed by atoms with van der Waals surface area (Å²) in [6.07, 6.45) is 3.44. The fraction of sp³-hybridized carbons (Fsp3) is 0.533. The molecule has 4 nitrogen and oxygen atoms in total. The fourth-order valence-electron chi connectivity index (χ4n) is 2.58. The lowest BCUT2D eigenvalue weighted by molar-refractivity contribution is 0.0663. The number of nitrogens with one attached hydrogen (secondary N) is 1. The average Bonchev–Trinajstić information content (AvgIpc) is 2.43. The lowest BCUT2D eigenvalue weighted by atomic mass is 9.86. The Labute approximate surface area is 118 Å². The Kier molecular flexibility index (Phi) is 4.60. The molecule has 1 aromatic carbocycles. The number of hydrogen-bond donors (Lipinski definition) is 3. The molecule has 20 heavy (non-hydrogen) atoms. The first-order valence-electron chi connectivity index (χ1n) is 7.01.